The maximum Gasteiger partial charge on any atom is 0.302 e. The van der Waals surface area contributed by atoms with E-state index in [1.54, 1.807) is 5.57 Å². The van der Waals surface area contributed by atoms with Gasteiger partial charge in [0.05, 0.1) is 6.61 Å². The molecule has 0 spiro atoms. The van der Waals surface area contributed by atoms with Crippen LogP contribution in [0.1, 0.15) is 58.8 Å². The molecule has 0 N–H and O–H groups in total. The topological polar surface area (TPSA) is 26.3 Å². The van der Waals surface area contributed by atoms with Crippen molar-refractivity contribution in [1.82, 2.24) is 0 Å². The molecule has 0 saturated heterocycles. The number of carbonyl (C=O) groups excluding carboxylic acids is 1. The van der Waals surface area contributed by atoms with E-state index < -0.39 is 0 Å². The van der Waals surface area contributed by atoms with E-state index >= 15 is 0 Å². The minimum atomic E-state index is -0.178. The van der Waals surface area contributed by atoms with Gasteiger partial charge in [-0.25, -0.2) is 0 Å². The highest BCUT2D eigenvalue weighted by Crippen LogP contribution is 2.22. The van der Waals surface area contributed by atoms with Gasteiger partial charge in [0.15, 0.2) is 0 Å². The molecule has 1 rings (SSSR count). The second-order valence-electron chi connectivity index (χ2n) is 4.87. The Labute approximate surface area is 99.1 Å². The summed E-state index contributed by atoms with van der Waals surface area (Å²) in [6, 6.07) is 0. The zero-order chi connectivity index (χ0) is 11.8. The van der Waals surface area contributed by atoms with Gasteiger partial charge in [0, 0.05) is 12.8 Å². The van der Waals surface area contributed by atoms with Crippen molar-refractivity contribution in [3.05, 3.63) is 11.6 Å². The number of rotatable bonds is 3. The van der Waals surface area contributed by atoms with E-state index in [-0.39, 0.29) is 5.97 Å². The average Bonchev–Trinajstić information content (AvgIpc) is 2.19. The molecule has 0 aliphatic heterocycles. The normalized spacial score (nSPS) is 19.5. The second-order valence-corrected chi connectivity index (χ2v) is 4.87. The molecule has 1 aliphatic rings. The predicted octanol–water partition coefficient (Wildman–Crippen LogP) is 3.86. The molecule has 16 heavy (non-hydrogen) atoms. The lowest BCUT2D eigenvalue weighted by Gasteiger charge is -2.14. The molecule has 1 fully saturated rings. The quantitative estimate of drug-likeness (QED) is 0.537. The van der Waals surface area contributed by atoms with Crippen molar-refractivity contribution in [3.63, 3.8) is 0 Å². The smallest absolute Gasteiger partial charge is 0.302 e. The summed E-state index contributed by atoms with van der Waals surface area (Å²) in [4.78, 5) is 10.7. The molecule has 0 aromatic heterocycles. The molecule has 0 heterocycles. The van der Waals surface area contributed by atoms with Crippen molar-refractivity contribution < 1.29 is 9.53 Å². The maximum atomic E-state index is 10.7. The summed E-state index contributed by atoms with van der Waals surface area (Å²) in [6.45, 7) is 4.11. The molecular weight excluding hydrogens is 200 g/mol. The van der Waals surface area contributed by atoms with E-state index in [4.69, 9.17) is 4.74 Å². The first-order valence-electron chi connectivity index (χ1n) is 6.51. The molecule has 1 saturated carbocycles. The molecular formula is C14H24O2. The lowest BCUT2D eigenvalue weighted by Crippen LogP contribution is -2.08. The molecule has 0 radical (unpaired) electrons. The Morgan fingerprint density at radius 3 is 2.38 bits per heavy atom. The lowest BCUT2D eigenvalue weighted by atomic mass is 9.94. The van der Waals surface area contributed by atoms with E-state index in [9.17, 15) is 4.79 Å². The highest BCUT2D eigenvalue weighted by Gasteiger charge is 2.06. The SMILES string of the molecule is CC(=O)OCC(C)C=C1CCCCCCC1. The monoisotopic (exact) mass is 224 g/mol. The molecule has 1 atom stereocenters. The summed E-state index contributed by atoms with van der Waals surface area (Å²) in [6.07, 6.45) is 11.6. The van der Waals surface area contributed by atoms with Crippen molar-refractivity contribution in [1.29, 1.82) is 0 Å². The summed E-state index contributed by atoms with van der Waals surface area (Å²) >= 11 is 0. The van der Waals surface area contributed by atoms with Gasteiger partial charge in [-0.3, -0.25) is 4.79 Å². The van der Waals surface area contributed by atoms with E-state index in [0.29, 0.717) is 12.5 Å². The van der Waals surface area contributed by atoms with Crippen molar-refractivity contribution in [2.45, 2.75) is 58.8 Å². The summed E-state index contributed by atoms with van der Waals surface area (Å²) in [5.41, 5.74) is 1.57. The van der Waals surface area contributed by atoms with Gasteiger partial charge in [-0.15, -0.1) is 0 Å². The third-order valence-electron chi connectivity index (χ3n) is 3.07. The van der Waals surface area contributed by atoms with Crippen LogP contribution in [0.3, 0.4) is 0 Å². The third-order valence-corrected chi connectivity index (χ3v) is 3.07. The number of hydrogen-bond acceptors (Lipinski definition) is 2. The first kappa shape index (κ1) is 13.3. The van der Waals surface area contributed by atoms with Crippen LogP contribution in [-0.2, 0) is 9.53 Å². The maximum absolute atomic E-state index is 10.7. The second kappa shape index (κ2) is 7.48. The van der Waals surface area contributed by atoms with Gasteiger partial charge in [-0.05, 0) is 25.7 Å². The Morgan fingerprint density at radius 1 is 1.25 bits per heavy atom. The molecule has 1 unspecified atom stereocenters. The Hall–Kier alpha value is -0.790. The van der Waals surface area contributed by atoms with Crippen LogP contribution in [0, 0.1) is 5.92 Å². The van der Waals surface area contributed by atoms with E-state index in [0.717, 1.165) is 0 Å². The van der Waals surface area contributed by atoms with E-state index in [1.165, 1.54) is 51.9 Å². The summed E-state index contributed by atoms with van der Waals surface area (Å²) in [5.74, 6) is 0.182. The molecule has 0 aromatic carbocycles. The summed E-state index contributed by atoms with van der Waals surface area (Å²) in [5, 5.41) is 0. The highest BCUT2D eigenvalue weighted by atomic mass is 16.5. The molecule has 0 aromatic rings. The Morgan fingerprint density at radius 2 is 1.81 bits per heavy atom. The Balaban J connectivity index is 2.36. The number of hydrogen-bond donors (Lipinski definition) is 0. The first-order chi connectivity index (χ1) is 7.68. The standard InChI is InChI=1S/C14H24O2/c1-12(11-16-13(2)15)10-14-8-6-4-3-5-7-9-14/h10,12H,3-9,11H2,1-2H3. The van der Waals surface area contributed by atoms with Crippen molar-refractivity contribution in [2.75, 3.05) is 6.61 Å². The van der Waals surface area contributed by atoms with Gasteiger partial charge in [0.1, 0.15) is 0 Å². The molecule has 92 valence electrons. The van der Waals surface area contributed by atoms with Crippen LogP contribution in [0.15, 0.2) is 11.6 Å². The van der Waals surface area contributed by atoms with E-state index in [1.807, 2.05) is 0 Å². The molecule has 0 amide bonds. The average molecular weight is 224 g/mol. The zero-order valence-electron chi connectivity index (χ0n) is 10.6. The van der Waals surface area contributed by atoms with Crippen LogP contribution in [0.5, 0.6) is 0 Å². The number of allylic oxidation sites excluding steroid dienone is 1. The van der Waals surface area contributed by atoms with Gasteiger partial charge in [-0.2, -0.15) is 0 Å². The zero-order valence-corrected chi connectivity index (χ0v) is 10.6. The fourth-order valence-corrected chi connectivity index (χ4v) is 2.23. The predicted molar refractivity (Wildman–Crippen MR) is 66.2 cm³/mol. The van der Waals surface area contributed by atoms with Gasteiger partial charge in [0.2, 0.25) is 0 Å². The summed E-state index contributed by atoms with van der Waals surface area (Å²) < 4.78 is 5.02. The van der Waals surface area contributed by atoms with Crippen LogP contribution in [0.4, 0.5) is 0 Å². The van der Waals surface area contributed by atoms with Crippen molar-refractivity contribution in [2.24, 2.45) is 5.92 Å². The molecule has 2 nitrogen and oxygen atoms in total. The fraction of sp³-hybridized carbons (Fsp3) is 0.786. The highest BCUT2D eigenvalue weighted by molar-refractivity contribution is 5.65. The number of carbonyl (C=O) groups is 1. The van der Waals surface area contributed by atoms with Crippen LogP contribution in [0.2, 0.25) is 0 Å². The van der Waals surface area contributed by atoms with Crippen LogP contribution >= 0.6 is 0 Å². The summed E-state index contributed by atoms with van der Waals surface area (Å²) in [7, 11) is 0. The van der Waals surface area contributed by atoms with Crippen LogP contribution in [0.25, 0.3) is 0 Å². The Bertz CT molecular complexity index is 233. The molecule has 0 bridgehead atoms. The van der Waals surface area contributed by atoms with Gasteiger partial charge >= 0.3 is 5.97 Å². The van der Waals surface area contributed by atoms with Gasteiger partial charge in [-0.1, -0.05) is 37.8 Å². The van der Waals surface area contributed by atoms with Crippen LogP contribution in [-0.4, -0.2) is 12.6 Å². The number of esters is 1. The van der Waals surface area contributed by atoms with Gasteiger partial charge in [0.25, 0.3) is 0 Å². The first-order valence-corrected chi connectivity index (χ1v) is 6.51. The number of ether oxygens (including phenoxy) is 1. The van der Waals surface area contributed by atoms with Crippen molar-refractivity contribution in [3.8, 4) is 0 Å². The fourth-order valence-electron chi connectivity index (χ4n) is 2.23. The minimum absolute atomic E-state index is 0.178. The van der Waals surface area contributed by atoms with Crippen LogP contribution < -0.4 is 0 Å². The Kier molecular flexibility index (Phi) is 6.20. The van der Waals surface area contributed by atoms with Gasteiger partial charge < -0.3 is 4.74 Å². The lowest BCUT2D eigenvalue weighted by molar-refractivity contribution is -0.141. The third kappa shape index (κ3) is 5.94. The minimum Gasteiger partial charge on any atom is -0.465 e. The largest absolute Gasteiger partial charge is 0.465 e. The van der Waals surface area contributed by atoms with E-state index in [2.05, 4.69) is 13.0 Å². The van der Waals surface area contributed by atoms with Crippen molar-refractivity contribution >= 4 is 5.97 Å². The molecule has 1 aliphatic carbocycles. The molecule has 2 heteroatoms.